The maximum absolute atomic E-state index is 5.87. The van der Waals surface area contributed by atoms with Crippen molar-refractivity contribution in [2.75, 3.05) is 6.54 Å². The molecule has 0 unspecified atom stereocenters. The fourth-order valence-electron chi connectivity index (χ4n) is 1.29. The lowest BCUT2D eigenvalue weighted by Crippen LogP contribution is -2.32. The zero-order chi connectivity index (χ0) is 10.4. The summed E-state index contributed by atoms with van der Waals surface area (Å²) in [7, 11) is 0. The third-order valence-electron chi connectivity index (χ3n) is 2.08. The van der Waals surface area contributed by atoms with Crippen molar-refractivity contribution < 1.29 is 4.42 Å². The van der Waals surface area contributed by atoms with Crippen LogP contribution in [0.1, 0.15) is 32.3 Å². The van der Waals surface area contributed by atoms with Crippen molar-refractivity contribution >= 4 is 0 Å². The first-order chi connectivity index (χ1) is 6.58. The molecule has 0 atom stereocenters. The summed E-state index contributed by atoms with van der Waals surface area (Å²) < 4.78 is 4.97. The van der Waals surface area contributed by atoms with Crippen LogP contribution in [-0.2, 0) is 6.54 Å². The molecule has 14 heavy (non-hydrogen) atoms. The third-order valence-corrected chi connectivity index (χ3v) is 2.08. The van der Waals surface area contributed by atoms with E-state index >= 15 is 0 Å². The van der Waals surface area contributed by atoms with Gasteiger partial charge in [-0.1, -0.05) is 0 Å². The van der Waals surface area contributed by atoms with Gasteiger partial charge in [0.15, 0.2) is 0 Å². The van der Waals surface area contributed by atoms with Gasteiger partial charge in [0, 0.05) is 17.6 Å². The molecular weight excluding hydrogens is 176 g/mol. The van der Waals surface area contributed by atoms with Crippen molar-refractivity contribution in [3.05, 3.63) is 24.2 Å². The highest BCUT2D eigenvalue weighted by Crippen LogP contribution is 2.06. The van der Waals surface area contributed by atoms with Gasteiger partial charge in [0.1, 0.15) is 0 Å². The molecular formula is C11H20N2O. The van der Waals surface area contributed by atoms with Crippen LogP contribution in [0.25, 0.3) is 0 Å². The summed E-state index contributed by atoms with van der Waals surface area (Å²) in [6.45, 7) is 6.00. The van der Waals surface area contributed by atoms with E-state index in [1.54, 1.807) is 12.5 Å². The molecule has 1 aromatic heterocycles. The van der Waals surface area contributed by atoms with Gasteiger partial charge in [-0.3, -0.25) is 0 Å². The Bertz CT molecular complexity index is 236. The van der Waals surface area contributed by atoms with Crippen LogP contribution in [0, 0.1) is 0 Å². The Hall–Kier alpha value is -0.800. The van der Waals surface area contributed by atoms with Crippen LogP contribution in [0.15, 0.2) is 23.0 Å². The van der Waals surface area contributed by atoms with Crippen LogP contribution in [0.4, 0.5) is 0 Å². The maximum Gasteiger partial charge on any atom is 0.0947 e. The van der Waals surface area contributed by atoms with Crippen molar-refractivity contribution in [3.63, 3.8) is 0 Å². The molecule has 0 aliphatic heterocycles. The molecule has 0 aromatic carbocycles. The minimum atomic E-state index is -0.0443. The average Bonchev–Trinajstić information content (AvgIpc) is 2.54. The van der Waals surface area contributed by atoms with E-state index in [1.165, 1.54) is 5.56 Å². The van der Waals surface area contributed by atoms with Crippen LogP contribution in [0.3, 0.4) is 0 Å². The van der Waals surface area contributed by atoms with Crippen molar-refractivity contribution in [3.8, 4) is 0 Å². The van der Waals surface area contributed by atoms with E-state index in [4.69, 9.17) is 10.2 Å². The summed E-state index contributed by atoms with van der Waals surface area (Å²) in [4.78, 5) is 0. The van der Waals surface area contributed by atoms with Gasteiger partial charge in [0.25, 0.3) is 0 Å². The molecule has 0 saturated carbocycles. The summed E-state index contributed by atoms with van der Waals surface area (Å²) in [5, 5.41) is 3.34. The highest BCUT2D eigenvalue weighted by Gasteiger charge is 2.08. The fraction of sp³-hybridized carbons (Fsp3) is 0.636. The predicted molar refractivity (Wildman–Crippen MR) is 57.9 cm³/mol. The lowest BCUT2D eigenvalue weighted by atomic mass is 10.0. The number of rotatable bonds is 6. The second-order valence-corrected chi connectivity index (χ2v) is 4.40. The van der Waals surface area contributed by atoms with Crippen LogP contribution < -0.4 is 11.1 Å². The summed E-state index contributed by atoms with van der Waals surface area (Å²) in [6.07, 6.45) is 5.62. The van der Waals surface area contributed by atoms with Gasteiger partial charge in [-0.2, -0.15) is 0 Å². The summed E-state index contributed by atoms with van der Waals surface area (Å²) >= 11 is 0. The highest BCUT2D eigenvalue weighted by atomic mass is 16.3. The SMILES string of the molecule is CC(C)(N)CCCNCc1ccoc1. The lowest BCUT2D eigenvalue weighted by Gasteiger charge is -2.17. The van der Waals surface area contributed by atoms with Gasteiger partial charge in [0.2, 0.25) is 0 Å². The smallest absolute Gasteiger partial charge is 0.0947 e. The lowest BCUT2D eigenvalue weighted by molar-refractivity contribution is 0.448. The summed E-state index contributed by atoms with van der Waals surface area (Å²) in [5.74, 6) is 0. The molecule has 3 nitrogen and oxygen atoms in total. The first-order valence-corrected chi connectivity index (χ1v) is 5.08. The van der Waals surface area contributed by atoms with Crippen LogP contribution in [0.5, 0.6) is 0 Å². The number of nitrogens with two attached hydrogens (primary N) is 1. The minimum Gasteiger partial charge on any atom is -0.472 e. The molecule has 1 aromatic rings. The molecule has 1 rings (SSSR count). The second-order valence-electron chi connectivity index (χ2n) is 4.40. The third kappa shape index (κ3) is 5.04. The van der Waals surface area contributed by atoms with Gasteiger partial charge < -0.3 is 15.5 Å². The molecule has 1 heterocycles. The van der Waals surface area contributed by atoms with Crippen molar-refractivity contribution in [1.29, 1.82) is 0 Å². The molecule has 0 aliphatic carbocycles. The summed E-state index contributed by atoms with van der Waals surface area (Å²) in [6, 6.07) is 1.97. The zero-order valence-corrected chi connectivity index (χ0v) is 9.05. The topological polar surface area (TPSA) is 51.2 Å². The molecule has 0 aliphatic rings. The molecule has 0 fully saturated rings. The Kier molecular flexibility index (Phi) is 4.17. The van der Waals surface area contributed by atoms with Gasteiger partial charge in [-0.05, 0) is 39.3 Å². The van der Waals surface area contributed by atoms with E-state index in [0.29, 0.717) is 0 Å². The number of hydrogen-bond acceptors (Lipinski definition) is 3. The predicted octanol–water partition coefficient (Wildman–Crippen LogP) is 1.89. The van der Waals surface area contributed by atoms with Gasteiger partial charge in [-0.15, -0.1) is 0 Å². The maximum atomic E-state index is 5.87. The minimum absolute atomic E-state index is 0.0443. The molecule has 0 saturated heterocycles. The van der Waals surface area contributed by atoms with Crippen LogP contribution in [0.2, 0.25) is 0 Å². The molecule has 0 radical (unpaired) electrons. The van der Waals surface area contributed by atoms with Crippen molar-refractivity contribution in [2.45, 2.75) is 38.8 Å². The summed E-state index contributed by atoms with van der Waals surface area (Å²) in [5.41, 5.74) is 7.02. The molecule has 3 N–H and O–H groups in total. The molecule has 3 heteroatoms. The Balaban J connectivity index is 2.00. The number of nitrogens with one attached hydrogen (secondary N) is 1. The molecule has 0 amide bonds. The largest absolute Gasteiger partial charge is 0.472 e. The monoisotopic (exact) mass is 196 g/mol. The Morgan fingerprint density at radius 2 is 2.29 bits per heavy atom. The van der Waals surface area contributed by atoms with E-state index in [-0.39, 0.29) is 5.54 Å². The van der Waals surface area contributed by atoms with Gasteiger partial charge in [0.05, 0.1) is 12.5 Å². The van der Waals surface area contributed by atoms with E-state index in [1.807, 2.05) is 6.07 Å². The average molecular weight is 196 g/mol. The molecule has 0 spiro atoms. The Morgan fingerprint density at radius 3 is 2.86 bits per heavy atom. The van der Waals surface area contributed by atoms with Crippen molar-refractivity contribution in [1.82, 2.24) is 5.32 Å². The first-order valence-electron chi connectivity index (χ1n) is 5.08. The quantitative estimate of drug-likeness (QED) is 0.683. The van der Waals surface area contributed by atoms with E-state index in [9.17, 15) is 0 Å². The zero-order valence-electron chi connectivity index (χ0n) is 9.05. The van der Waals surface area contributed by atoms with Crippen LogP contribution in [-0.4, -0.2) is 12.1 Å². The fourth-order valence-corrected chi connectivity index (χ4v) is 1.29. The van der Waals surface area contributed by atoms with Crippen molar-refractivity contribution in [2.24, 2.45) is 5.73 Å². The molecule has 0 bridgehead atoms. The van der Waals surface area contributed by atoms with E-state index in [2.05, 4.69) is 19.2 Å². The highest BCUT2D eigenvalue weighted by molar-refractivity contribution is 5.04. The molecule has 80 valence electrons. The van der Waals surface area contributed by atoms with E-state index in [0.717, 1.165) is 25.9 Å². The second kappa shape index (κ2) is 5.17. The van der Waals surface area contributed by atoms with Gasteiger partial charge in [-0.25, -0.2) is 0 Å². The Morgan fingerprint density at radius 1 is 1.50 bits per heavy atom. The Labute approximate surface area is 85.7 Å². The first kappa shape index (κ1) is 11.3. The standard InChI is InChI=1S/C11H20N2O/c1-11(2,12)5-3-6-13-8-10-4-7-14-9-10/h4,7,9,13H,3,5-6,8,12H2,1-2H3. The number of hydrogen-bond donors (Lipinski definition) is 2. The number of furan rings is 1. The normalized spacial score (nSPS) is 11.9. The van der Waals surface area contributed by atoms with E-state index < -0.39 is 0 Å². The van der Waals surface area contributed by atoms with Crippen LogP contribution >= 0.6 is 0 Å². The van der Waals surface area contributed by atoms with Gasteiger partial charge >= 0.3 is 0 Å².